The van der Waals surface area contributed by atoms with Crippen LogP contribution in [0.15, 0.2) is 26.3 Å². The number of halogens is 2. The van der Waals surface area contributed by atoms with Crippen molar-refractivity contribution in [1.29, 1.82) is 0 Å². The normalized spacial score (nSPS) is 11.7. The fraction of sp³-hybridized carbons (Fsp3) is 0.273. The Labute approximate surface area is 130 Å². The average Bonchev–Trinajstić information content (AvgIpc) is 2.64. The SMILES string of the molecule is C=CCOC(=O)NC(Cc1cc(Br)sc1Br)C(=O)O. The molecule has 1 atom stereocenters. The van der Waals surface area contributed by atoms with Crippen LogP contribution in [-0.2, 0) is 16.0 Å². The lowest BCUT2D eigenvalue weighted by molar-refractivity contribution is -0.139. The molecule has 1 rings (SSSR count). The first-order valence-corrected chi connectivity index (χ1v) is 7.55. The highest BCUT2D eigenvalue weighted by atomic mass is 79.9. The van der Waals surface area contributed by atoms with Gasteiger partial charge in [0, 0.05) is 6.42 Å². The molecule has 0 saturated heterocycles. The molecule has 0 aliphatic heterocycles. The molecule has 1 aromatic rings. The first kappa shape index (κ1) is 16.2. The highest BCUT2D eigenvalue weighted by Gasteiger charge is 2.22. The summed E-state index contributed by atoms with van der Waals surface area (Å²) in [7, 11) is 0. The molecule has 0 aliphatic rings. The first-order valence-electron chi connectivity index (χ1n) is 5.14. The Morgan fingerprint density at radius 1 is 1.58 bits per heavy atom. The molecule has 1 amide bonds. The van der Waals surface area contributed by atoms with Crippen molar-refractivity contribution in [3.05, 3.63) is 31.9 Å². The van der Waals surface area contributed by atoms with Crippen LogP contribution >= 0.6 is 43.2 Å². The van der Waals surface area contributed by atoms with E-state index in [1.165, 1.54) is 17.4 Å². The Balaban J connectivity index is 2.68. The molecule has 104 valence electrons. The molecule has 0 bridgehead atoms. The molecule has 0 spiro atoms. The molecule has 2 N–H and O–H groups in total. The van der Waals surface area contributed by atoms with Gasteiger partial charge in [-0.05, 0) is 43.5 Å². The van der Waals surface area contributed by atoms with Crippen molar-refractivity contribution in [2.24, 2.45) is 0 Å². The van der Waals surface area contributed by atoms with E-state index < -0.39 is 18.1 Å². The van der Waals surface area contributed by atoms with E-state index in [0.29, 0.717) is 0 Å². The van der Waals surface area contributed by atoms with Crippen molar-refractivity contribution in [3.63, 3.8) is 0 Å². The molecule has 1 heterocycles. The fourth-order valence-electron chi connectivity index (χ4n) is 1.25. The predicted molar refractivity (Wildman–Crippen MR) is 79.5 cm³/mol. The van der Waals surface area contributed by atoms with Gasteiger partial charge in [0.25, 0.3) is 0 Å². The second kappa shape index (κ2) is 7.66. The number of hydrogen-bond donors (Lipinski definition) is 2. The van der Waals surface area contributed by atoms with E-state index >= 15 is 0 Å². The number of alkyl carbamates (subject to hydrolysis) is 1. The van der Waals surface area contributed by atoms with Crippen molar-refractivity contribution in [2.75, 3.05) is 6.61 Å². The van der Waals surface area contributed by atoms with Gasteiger partial charge in [-0.2, -0.15) is 0 Å². The van der Waals surface area contributed by atoms with Crippen LogP contribution in [0.1, 0.15) is 5.56 Å². The quantitative estimate of drug-likeness (QED) is 0.703. The highest BCUT2D eigenvalue weighted by molar-refractivity contribution is 9.12. The Hall–Kier alpha value is -0.860. The molecule has 0 fully saturated rings. The Morgan fingerprint density at radius 3 is 2.74 bits per heavy atom. The molecule has 19 heavy (non-hydrogen) atoms. The maximum atomic E-state index is 11.3. The molecule has 0 aromatic carbocycles. The summed E-state index contributed by atoms with van der Waals surface area (Å²) in [4.78, 5) is 22.5. The zero-order valence-corrected chi connectivity index (χ0v) is 13.7. The number of thiophene rings is 1. The zero-order chi connectivity index (χ0) is 14.4. The largest absolute Gasteiger partial charge is 0.480 e. The van der Waals surface area contributed by atoms with Gasteiger partial charge in [0.15, 0.2) is 0 Å². The molecule has 0 saturated carbocycles. The molecular weight excluding hydrogens is 402 g/mol. The number of carboxylic acid groups (broad SMARTS) is 1. The predicted octanol–water partition coefficient (Wildman–Crippen LogP) is 3.18. The van der Waals surface area contributed by atoms with Gasteiger partial charge in [0.2, 0.25) is 0 Å². The second-order valence-electron chi connectivity index (χ2n) is 3.48. The van der Waals surface area contributed by atoms with Gasteiger partial charge < -0.3 is 15.2 Å². The van der Waals surface area contributed by atoms with E-state index in [0.717, 1.165) is 13.1 Å². The summed E-state index contributed by atoms with van der Waals surface area (Å²) in [6.07, 6.45) is 0.793. The Morgan fingerprint density at radius 2 is 2.26 bits per heavy atom. The van der Waals surface area contributed by atoms with E-state index in [4.69, 9.17) is 9.84 Å². The third kappa shape index (κ3) is 5.33. The summed E-state index contributed by atoms with van der Waals surface area (Å²) >= 11 is 8.09. The molecular formula is C11H11Br2NO4S. The van der Waals surface area contributed by atoms with E-state index in [2.05, 4.69) is 43.8 Å². The van der Waals surface area contributed by atoms with Crippen LogP contribution in [0.4, 0.5) is 4.79 Å². The standard InChI is InChI=1S/C11H11Br2NO4S/c1-2-3-18-11(17)14-7(10(15)16)4-6-5-8(12)19-9(6)13/h2,5,7H,1,3-4H2,(H,14,17)(H,15,16). The van der Waals surface area contributed by atoms with E-state index in [-0.39, 0.29) is 13.0 Å². The number of amides is 1. The summed E-state index contributed by atoms with van der Waals surface area (Å²) in [6.45, 7) is 3.43. The van der Waals surface area contributed by atoms with Gasteiger partial charge in [0.05, 0.1) is 7.57 Å². The Bertz CT molecular complexity index is 489. The molecule has 1 unspecified atom stereocenters. The number of carbonyl (C=O) groups excluding carboxylic acids is 1. The van der Waals surface area contributed by atoms with Gasteiger partial charge in [-0.25, -0.2) is 9.59 Å². The number of aliphatic carboxylic acids is 1. The van der Waals surface area contributed by atoms with Crippen molar-refractivity contribution in [3.8, 4) is 0 Å². The minimum Gasteiger partial charge on any atom is -0.480 e. The number of carbonyl (C=O) groups is 2. The van der Waals surface area contributed by atoms with Crippen LogP contribution in [0.25, 0.3) is 0 Å². The molecule has 8 heteroatoms. The van der Waals surface area contributed by atoms with E-state index in [9.17, 15) is 9.59 Å². The second-order valence-corrected chi connectivity index (χ2v) is 7.23. The average molecular weight is 413 g/mol. The first-order chi connectivity index (χ1) is 8.93. The number of ether oxygens (including phenoxy) is 1. The van der Waals surface area contributed by atoms with Crippen LogP contribution in [0.5, 0.6) is 0 Å². The lowest BCUT2D eigenvalue weighted by Crippen LogP contribution is -2.42. The van der Waals surface area contributed by atoms with Crippen molar-refractivity contribution in [1.82, 2.24) is 5.32 Å². The van der Waals surface area contributed by atoms with Crippen LogP contribution < -0.4 is 5.32 Å². The topological polar surface area (TPSA) is 75.6 Å². The molecule has 0 radical (unpaired) electrons. The van der Waals surface area contributed by atoms with Gasteiger partial charge in [-0.3, -0.25) is 0 Å². The summed E-state index contributed by atoms with van der Waals surface area (Å²) in [5.41, 5.74) is 0.799. The minimum absolute atomic E-state index is 0.0336. The van der Waals surface area contributed by atoms with Crippen LogP contribution in [0.2, 0.25) is 0 Å². The number of hydrogen-bond acceptors (Lipinski definition) is 4. The Kier molecular flexibility index (Phi) is 6.53. The third-order valence-corrected chi connectivity index (χ3v) is 4.54. The minimum atomic E-state index is -1.12. The van der Waals surface area contributed by atoms with E-state index in [1.54, 1.807) is 6.07 Å². The van der Waals surface area contributed by atoms with Gasteiger partial charge in [-0.1, -0.05) is 12.7 Å². The lowest BCUT2D eigenvalue weighted by Gasteiger charge is -2.13. The van der Waals surface area contributed by atoms with Crippen molar-refractivity contribution >= 4 is 55.3 Å². The lowest BCUT2D eigenvalue weighted by atomic mass is 10.1. The van der Waals surface area contributed by atoms with E-state index in [1.807, 2.05) is 0 Å². The summed E-state index contributed by atoms with van der Waals surface area (Å²) in [6, 6.07) is 0.761. The molecule has 0 aliphatic carbocycles. The smallest absolute Gasteiger partial charge is 0.408 e. The van der Waals surface area contributed by atoms with Crippen molar-refractivity contribution < 1.29 is 19.4 Å². The molecule has 5 nitrogen and oxygen atoms in total. The monoisotopic (exact) mass is 411 g/mol. The summed E-state index contributed by atoms with van der Waals surface area (Å²) in [5.74, 6) is -1.12. The third-order valence-electron chi connectivity index (χ3n) is 2.07. The number of nitrogens with one attached hydrogen (secondary N) is 1. The number of carboxylic acids is 1. The summed E-state index contributed by atoms with van der Waals surface area (Å²) < 4.78 is 6.40. The highest BCUT2D eigenvalue weighted by Crippen LogP contribution is 2.32. The van der Waals surface area contributed by atoms with Gasteiger partial charge >= 0.3 is 12.1 Å². The zero-order valence-electron chi connectivity index (χ0n) is 9.69. The van der Waals surface area contributed by atoms with Gasteiger partial charge in [-0.15, -0.1) is 11.3 Å². The van der Waals surface area contributed by atoms with Crippen LogP contribution in [0, 0.1) is 0 Å². The maximum Gasteiger partial charge on any atom is 0.408 e. The fourth-order valence-corrected chi connectivity index (χ4v) is 4.11. The van der Waals surface area contributed by atoms with Gasteiger partial charge in [0.1, 0.15) is 12.6 Å². The number of rotatable bonds is 6. The summed E-state index contributed by atoms with van der Waals surface area (Å²) in [5, 5.41) is 11.4. The van der Waals surface area contributed by atoms with Crippen molar-refractivity contribution in [2.45, 2.75) is 12.5 Å². The molecule has 1 aromatic heterocycles. The maximum absolute atomic E-state index is 11.3. The van der Waals surface area contributed by atoms with Crippen LogP contribution in [-0.4, -0.2) is 29.8 Å². The van der Waals surface area contributed by atoms with Crippen LogP contribution in [0.3, 0.4) is 0 Å².